The minimum atomic E-state index is -4.31. The number of rotatable bonds is 5. The number of ether oxygens (including phenoxy) is 1. The molecule has 0 N–H and O–H groups in total. The van der Waals surface area contributed by atoms with E-state index in [0.29, 0.717) is 5.75 Å². The molecule has 0 radical (unpaired) electrons. The van der Waals surface area contributed by atoms with Crippen LogP contribution in [0.4, 0.5) is 18.9 Å². The van der Waals surface area contributed by atoms with Gasteiger partial charge in [-0.05, 0) is 25.1 Å². The molecule has 1 aromatic rings. The van der Waals surface area contributed by atoms with Crippen LogP contribution in [0.5, 0.6) is 5.75 Å². The third-order valence-electron chi connectivity index (χ3n) is 3.51. The summed E-state index contributed by atoms with van der Waals surface area (Å²) < 4.78 is 41.9. The van der Waals surface area contributed by atoms with E-state index in [2.05, 4.69) is 16.7 Å². The Bertz CT molecular complexity index is 443. The molecule has 1 fully saturated rings. The van der Waals surface area contributed by atoms with Crippen molar-refractivity contribution in [2.45, 2.75) is 19.5 Å². The van der Waals surface area contributed by atoms with Gasteiger partial charge in [0.15, 0.2) is 6.61 Å². The first kappa shape index (κ1) is 15.9. The van der Waals surface area contributed by atoms with Crippen molar-refractivity contribution in [3.8, 4) is 5.75 Å². The Morgan fingerprint density at radius 2 is 1.76 bits per heavy atom. The maximum atomic E-state index is 12.3. The van der Waals surface area contributed by atoms with E-state index in [-0.39, 0.29) is 0 Å². The number of hydrogen-bond donors (Lipinski definition) is 0. The summed E-state index contributed by atoms with van der Waals surface area (Å²) in [6.45, 7) is 5.45. The molecular weight excluding hydrogens is 281 g/mol. The highest BCUT2D eigenvalue weighted by atomic mass is 19.4. The zero-order valence-electron chi connectivity index (χ0n) is 12.2. The third kappa shape index (κ3) is 4.81. The largest absolute Gasteiger partial charge is 0.482 e. The van der Waals surface area contributed by atoms with Crippen LogP contribution in [-0.4, -0.2) is 50.4 Å². The van der Waals surface area contributed by atoms with E-state index in [0.717, 1.165) is 44.8 Å². The van der Waals surface area contributed by atoms with E-state index in [4.69, 9.17) is 4.74 Å². The predicted molar refractivity (Wildman–Crippen MR) is 76.9 cm³/mol. The lowest BCUT2D eigenvalue weighted by atomic mass is 10.2. The fourth-order valence-corrected chi connectivity index (χ4v) is 2.53. The normalized spacial score (nSPS) is 17.0. The first-order chi connectivity index (χ1) is 9.99. The molecule has 0 amide bonds. The van der Waals surface area contributed by atoms with Crippen LogP contribution in [0.3, 0.4) is 0 Å². The number of benzene rings is 1. The highest BCUT2D eigenvalue weighted by molar-refractivity contribution is 5.58. The van der Waals surface area contributed by atoms with Gasteiger partial charge in [-0.2, -0.15) is 13.2 Å². The topological polar surface area (TPSA) is 15.7 Å². The van der Waals surface area contributed by atoms with Crippen molar-refractivity contribution in [2.75, 3.05) is 44.2 Å². The Morgan fingerprint density at radius 3 is 2.38 bits per heavy atom. The van der Waals surface area contributed by atoms with E-state index in [1.807, 2.05) is 12.1 Å². The summed E-state index contributed by atoms with van der Waals surface area (Å²) in [4.78, 5) is 4.47. The number of para-hydroxylation sites is 2. The second-order valence-electron chi connectivity index (χ2n) is 5.20. The predicted octanol–water partition coefficient (Wildman–Crippen LogP) is 3.16. The first-order valence-electron chi connectivity index (χ1n) is 7.25. The molecule has 2 rings (SSSR count). The molecule has 0 spiro atoms. The minimum Gasteiger partial charge on any atom is -0.482 e. The average molecular weight is 302 g/mol. The van der Waals surface area contributed by atoms with Gasteiger partial charge in [-0.15, -0.1) is 0 Å². The van der Waals surface area contributed by atoms with E-state index >= 15 is 0 Å². The molecule has 1 aliphatic heterocycles. The lowest BCUT2D eigenvalue weighted by Crippen LogP contribution is -2.46. The lowest BCUT2D eigenvalue weighted by Gasteiger charge is -2.36. The molecule has 1 saturated heterocycles. The van der Waals surface area contributed by atoms with Crippen molar-refractivity contribution in [1.29, 1.82) is 0 Å². The summed E-state index contributed by atoms with van der Waals surface area (Å²) in [5.41, 5.74) is 0.748. The molecule has 0 aromatic heterocycles. The molecule has 3 nitrogen and oxygen atoms in total. The SMILES string of the molecule is CCCN1CCN(c2ccccc2OCC(F)(F)F)CC1. The molecule has 1 aliphatic rings. The molecule has 0 bridgehead atoms. The molecule has 0 saturated carbocycles. The van der Waals surface area contributed by atoms with Crippen LogP contribution in [-0.2, 0) is 0 Å². The van der Waals surface area contributed by atoms with Crippen molar-refractivity contribution in [3.63, 3.8) is 0 Å². The number of piperazine rings is 1. The van der Waals surface area contributed by atoms with Gasteiger partial charge in [-0.25, -0.2) is 0 Å². The van der Waals surface area contributed by atoms with Crippen LogP contribution in [0.25, 0.3) is 0 Å². The maximum Gasteiger partial charge on any atom is 0.422 e. The van der Waals surface area contributed by atoms with Crippen LogP contribution < -0.4 is 9.64 Å². The minimum absolute atomic E-state index is 0.304. The first-order valence-corrected chi connectivity index (χ1v) is 7.25. The van der Waals surface area contributed by atoms with E-state index in [9.17, 15) is 13.2 Å². The zero-order chi connectivity index (χ0) is 15.3. The molecule has 1 heterocycles. The fourth-order valence-electron chi connectivity index (χ4n) is 2.53. The highest BCUT2D eigenvalue weighted by Gasteiger charge is 2.29. The summed E-state index contributed by atoms with van der Waals surface area (Å²) in [7, 11) is 0. The Hall–Kier alpha value is -1.43. The van der Waals surface area contributed by atoms with Gasteiger partial charge < -0.3 is 9.64 Å². The Kier molecular flexibility index (Phi) is 5.33. The monoisotopic (exact) mass is 302 g/mol. The van der Waals surface area contributed by atoms with Crippen molar-refractivity contribution >= 4 is 5.69 Å². The van der Waals surface area contributed by atoms with Gasteiger partial charge in [0.25, 0.3) is 0 Å². The van der Waals surface area contributed by atoms with Gasteiger partial charge in [-0.1, -0.05) is 19.1 Å². The number of nitrogens with zero attached hydrogens (tertiary/aromatic N) is 2. The molecule has 0 unspecified atom stereocenters. The van der Waals surface area contributed by atoms with E-state index in [1.165, 1.54) is 0 Å². The van der Waals surface area contributed by atoms with Crippen LogP contribution >= 0.6 is 0 Å². The van der Waals surface area contributed by atoms with Crippen molar-refractivity contribution in [1.82, 2.24) is 4.90 Å². The van der Waals surface area contributed by atoms with Gasteiger partial charge in [0, 0.05) is 26.2 Å². The van der Waals surface area contributed by atoms with Crippen LogP contribution in [0.15, 0.2) is 24.3 Å². The second kappa shape index (κ2) is 7.02. The number of halogens is 3. The lowest BCUT2D eigenvalue weighted by molar-refractivity contribution is -0.153. The van der Waals surface area contributed by atoms with Crippen LogP contribution in [0.1, 0.15) is 13.3 Å². The second-order valence-corrected chi connectivity index (χ2v) is 5.20. The standard InChI is InChI=1S/C15H21F3N2O/c1-2-7-19-8-10-20(11-9-19)13-5-3-4-6-14(13)21-12-15(16,17)18/h3-6H,2,7-12H2,1H3. The van der Waals surface area contributed by atoms with Crippen LogP contribution in [0, 0.1) is 0 Å². The van der Waals surface area contributed by atoms with Crippen molar-refractivity contribution in [3.05, 3.63) is 24.3 Å². The molecule has 21 heavy (non-hydrogen) atoms. The maximum absolute atomic E-state index is 12.3. The molecule has 118 valence electrons. The van der Waals surface area contributed by atoms with Crippen molar-refractivity contribution < 1.29 is 17.9 Å². The molecule has 6 heteroatoms. The Labute approximate surface area is 123 Å². The summed E-state index contributed by atoms with van der Waals surface area (Å²) in [6.07, 6.45) is -3.20. The van der Waals surface area contributed by atoms with Gasteiger partial charge in [0.05, 0.1) is 5.69 Å². The third-order valence-corrected chi connectivity index (χ3v) is 3.51. The molecule has 0 atom stereocenters. The van der Waals surface area contributed by atoms with E-state index < -0.39 is 12.8 Å². The molecule has 1 aromatic carbocycles. The highest BCUT2D eigenvalue weighted by Crippen LogP contribution is 2.30. The summed E-state index contributed by atoms with van der Waals surface area (Å²) in [5.74, 6) is 0.304. The Balaban J connectivity index is 2.00. The summed E-state index contributed by atoms with van der Waals surface area (Å²) in [5, 5.41) is 0. The molecular formula is C15H21F3N2O. The number of anilines is 1. The van der Waals surface area contributed by atoms with Gasteiger partial charge in [0.2, 0.25) is 0 Å². The van der Waals surface area contributed by atoms with Gasteiger partial charge >= 0.3 is 6.18 Å². The average Bonchev–Trinajstić information content (AvgIpc) is 2.46. The number of alkyl halides is 3. The smallest absolute Gasteiger partial charge is 0.422 e. The van der Waals surface area contributed by atoms with Crippen molar-refractivity contribution in [2.24, 2.45) is 0 Å². The van der Waals surface area contributed by atoms with Gasteiger partial charge in [0.1, 0.15) is 5.75 Å². The number of hydrogen-bond acceptors (Lipinski definition) is 3. The van der Waals surface area contributed by atoms with Crippen LogP contribution in [0.2, 0.25) is 0 Å². The fraction of sp³-hybridized carbons (Fsp3) is 0.600. The quantitative estimate of drug-likeness (QED) is 0.831. The summed E-state index contributed by atoms with van der Waals surface area (Å²) >= 11 is 0. The zero-order valence-corrected chi connectivity index (χ0v) is 12.2. The van der Waals surface area contributed by atoms with E-state index in [1.54, 1.807) is 12.1 Å². The molecule has 0 aliphatic carbocycles. The van der Waals surface area contributed by atoms with Gasteiger partial charge in [-0.3, -0.25) is 4.90 Å². The summed E-state index contributed by atoms with van der Waals surface area (Å²) in [6, 6.07) is 6.94. The Morgan fingerprint density at radius 1 is 1.10 bits per heavy atom.